The predicted molar refractivity (Wildman–Crippen MR) is 103 cm³/mol. The van der Waals surface area contributed by atoms with Crippen molar-refractivity contribution in [2.24, 2.45) is 0 Å². The summed E-state index contributed by atoms with van der Waals surface area (Å²) in [5.74, 6) is 0.455. The molecule has 0 fully saturated rings. The molecule has 5 nitrogen and oxygen atoms in total. The van der Waals surface area contributed by atoms with Crippen LogP contribution in [0.4, 0.5) is 17.1 Å². The van der Waals surface area contributed by atoms with Gasteiger partial charge in [0, 0.05) is 22.0 Å². The number of amides is 1. The topological polar surface area (TPSA) is 63.2 Å². The summed E-state index contributed by atoms with van der Waals surface area (Å²) in [6.07, 6.45) is 1.60. The van der Waals surface area contributed by atoms with Gasteiger partial charge in [0.2, 0.25) is 0 Å². The zero-order valence-corrected chi connectivity index (χ0v) is 15.1. The summed E-state index contributed by atoms with van der Waals surface area (Å²) < 4.78 is 6.04. The second-order valence-electron chi connectivity index (χ2n) is 5.22. The van der Waals surface area contributed by atoms with Gasteiger partial charge in [-0.3, -0.25) is 9.78 Å². The third-order valence-electron chi connectivity index (χ3n) is 3.49. The van der Waals surface area contributed by atoms with E-state index in [4.69, 9.17) is 4.74 Å². The van der Waals surface area contributed by atoms with Gasteiger partial charge in [-0.2, -0.15) is 0 Å². The number of hydrogen-bond donors (Lipinski definition) is 2. The molecule has 0 unspecified atom stereocenters. The van der Waals surface area contributed by atoms with Crippen molar-refractivity contribution >= 4 is 38.9 Å². The minimum Gasteiger partial charge on any atom is -0.497 e. The molecule has 0 aliphatic carbocycles. The Kier molecular flexibility index (Phi) is 5.30. The molecule has 0 radical (unpaired) electrons. The van der Waals surface area contributed by atoms with Gasteiger partial charge in [-0.05, 0) is 64.5 Å². The number of ether oxygens (including phenoxy) is 1. The first-order valence-electron chi connectivity index (χ1n) is 7.59. The summed E-state index contributed by atoms with van der Waals surface area (Å²) in [7, 11) is 1.60. The maximum Gasteiger partial charge on any atom is 0.274 e. The molecule has 6 heteroatoms. The second kappa shape index (κ2) is 7.81. The molecule has 0 atom stereocenters. The summed E-state index contributed by atoms with van der Waals surface area (Å²) in [6.45, 7) is 0. The summed E-state index contributed by atoms with van der Waals surface area (Å²) in [5, 5.41) is 6.08. The van der Waals surface area contributed by atoms with Crippen LogP contribution in [0.25, 0.3) is 0 Å². The van der Waals surface area contributed by atoms with E-state index in [0.29, 0.717) is 11.4 Å². The van der Waals surface area contributed by atoms with Crippen LogP contribution in [-0.2, 0) is 0 Å². The number of para-hydroxylation sites is 1. The zero-order chi connectivity index (χ0) is 17.6. The molecule has 0 bridgehead atoms. The van der Waals surface area contributed by atoms with Gasteiger partial charge >= 0.3 is 0 Å². The Morgan fingerprint density at radius 2 is 1.80 bits per heavy atom. The number of rotatable bonds is 5. The Morgan fingerprint density at radius 3 is 2.52 bits per heavy atom. The van der Waals surface area contributed by atoms with Crippen LogP contribution < -0.4 is 15.4 Å². The molecule has 126 valence electrons. The fraction of sp³-hybridized carbons (Fsp3) is 0.0526. The number of nitrogens with one attached hydrogen (secondary N) is 2. The maximum atomic E-state index is 12.4. The van der Waals surface area contributed by atoms with Crippen LogP contribution in [0, 0.1) is 0 Å². The average Bonchev–Trinajstić information content (AvgIpc) is 2.64. The van der Waals surface area contributed by atoms with Gasteiger partial charge in [-0.15, -0.1) is 0 Å². The highest BCUT2D eigenvalue weighted by Gasteiger charge is 2.09. The number of anilines is 3. The summed E-state index contributed by atoms with van der Waals surface area (Å²) in [6, 6.07) is 18.4. The normalized spacial score (nSPS) is 10.2. The summed E-state index contributed by atoms with van der Waals surface area (Å²) >= 11 is 3.49. The highest BCUT2D eigenvalue weighted by atomic mass is 79.9. The Balaban J connectivity index is 1.74. The van der Waals surface area contributed by atoms with E-state index < -0.39 is 0 Å². The first kappa shape index (κ1) is 17.0. The summed E-state index contributed by atoms with van der Waals surface area (Å²) in [4.78, 5) is 16.5. The molecule has 2 aromatic carbocycles. The highest BCUT2D eigenvalue weighted by molar-refractivity contribution is 9.10. The number of methoxy groups -OCH3 is 1. The maximum absolute atomic E-state index is 12.4. The van der Waals surface area contributed by atoms with Gasteiger partial charge in [-0.25, -0.2) is 0 Å². The number of nitrogens with zero attached hydrogens (tertiary/aromatic N) is 1. The van der Waals surface area contributed by atoms with E-state index in [1.807, 2.05) is 30.3 Å². The molecular formula is C19H16BrN3O2. The van der Waals surface area contributed by atoms with E-state index in [0.717, 1.165) is 21.6 Å². The molecule has 3 aromatic rings. The van der Waals surface area contributed by atoms with Crippen LogP contribution in [0.5, 0.6) is 5.75 Å². The summed E-state index contributed by atoms with van der Waals surface area (Å²) in [5.41, 5.74) is 2.70. The Hall–Kier alpha value is -2.86. The molecule has 0 saturated heterocycles. The van der Waals surface area contributed by atoms with Gasteiger partial charge in [0.1, 0.15) is 11.4 Å². The van der Waals surface area contributed by atoms with Crippen molar-refractivity contribution in [3.05, 3.63) is 77.0 Å². The Labute approximate surface area is 154 Å². The van der Waals surface area contributed by atoms with Crippen molar-refractivity contribution in [1.29, 1.82) is 0 Å². The van der Waals surface area contributed by atoms with E-state index >= 15 is 0 Å². The lowest BCUT2D eigenvalue weighted by Gasteiger charge is -2.10. The lowest BCUT2D eigenvalue weighted by atomic mass is 10.2. The predicted octanol–water partition coefficient (Wildman–Crippen LogP) is 4.85. The number of carbonyl (C=O) groups excluding carboxylic acids is 1. The molecule has 2 N–H and O–H groups in total. The van der Waals surface area contributed by atoms with Gasteiger partial charge in [0.15, 0.2) is 0 Å². The first-order chi connectivity index (χ1) is 12.2. The monoisotopic (exact) mass is 397 g/mol. The second-order valence-corrected chi connectivity index (χ2v) is 6.07. The van der Waals surface area contributed by atoms with Gasteiger partial charge in [0.05, 0.1) is 12.8 Å². The van der Waals surface area contributed by atoms with Crippen LogP contribution in [0.2, 0.25) is 0 Å². The van der Waals surface area contributed by atoms with Gasteiger partial charge in [-0.1, -0.05) is 12.1 Å². The third kappa shape index (κ3) is 4.36. The largest absolute Gasteiger partial charge is 0.497 e. The molecule has 0 spiro atoms. The van der Waals surface area contributed by atoms with E-state index in [9.17, 15) is 4.79 Å². The number of halogens is 1. The quantitative estimate of drug-likeness (QED) is 0.645. The third-order valence-corrected chi connectivity index (χ3v) is 4.18. The molecule has 25 heavy (non-hydrogen) atoms. The van der Waals surface area contributed by atoms with Crippen molar-refractivity contribution in [3.8, 4) is 5.75 Å². The Morgan fingerprint density at radius 1 is 1.04 bits per heavy atom. The fourth-order valence-electron chi connectivity index (χ4n) is 2.22. The van der Waals surface area contributed by atoms with Crippen molar-refractivity contribution < 1.29 is 9.53 Å². The van der Waals surface area contributed by atoms with Crippen LogP contribution in [0.1, 0.15) is 10.5 Å². The Bertz CT molecular complexity index is 882. The van der Waals surface area contributed by atoms with E-state index in [1.165, 1.54) is 0 Å². The van der Waals surface area contributed by atoms with E-state index in [-0.39, 0.29) is 5.91 Å². The molecule has 0 aliphatic rings. The fourth-order valence-corrected chi connectivity index (χ4v) is 2.60. The number of carbonyl (C=O) groups is 1. The number of aromatic nitrogens is 1. The minimum atomic E-state index is -0.277. The SMILES string of the molecule is COc1ccc(NC(=O)c2cc(Nc3ccccc3Br)ccn2)cc1. The molecule has 3 rings (SSSR count). The van der Waals surface area contributed by atoms with Crippen LogP contribution in [0.3, 0.4) is 0 Å². The standard InChI is InChI=1S/C19H16BrN3O2/c1-25-15-8-6-13(7-9-15)23-19(24)18-12-14(10-11-21-18)22-17-5-3-2-4-16(17)20/h2-12H,1H3,(H,21,22)(H,23,24). The van der Waals surface area contributed by atoms with E-state index in [2.05, 4.69) is 31.5 Å². The minimum absolute atomic E-state index is 0.277. The highest BCUT2D eigenvalue weighted by Crippen LogP contribution is 2.25. The van der Waals surface area contributed by atoms with Gasteiger partial charge in [0.25, 0.3) is 5.91 Å². The molecule has 1 heterocycles. The van der Waals surface area contributed by atoms with Crippen molar-refractivity contribution in [3.63, 3.8) is 0 Å². The molecule has 1 amide bonds. The van der Waals surface area contributed by atoms with Crippen molar-refractivity contribution in [1.82, 2.24) is 4.98 Å². The van der Waals surface area contributed by atoms with Gasteiger partial charge < -0.3 is 15.4 Å². The lowest BCUT2D eigenvalue weighted by Crippen LogP contribution is -2.13. The number of pyridine rings is 1. The molecule has 1 aromatic heterocycles. The lowest BCUT2D eigenvalue weighted by molar-refractivity contribution is 0.102. The number of hydrogen-bond acceptors (Lipinski definition) is 4. The smallest absolute Gasteiger partial charge is 0.274 e. The molecular weight excluding hydrogens is 382 g/mol. The molecule has 0 saturated carbocycles. The van der Waals surface area contributed by atoms with Crippen molar-refractivity contribution in [2.75, 3.05) is 17.7 Å². The zero-order valence-electron chi connectivity index (χ0n) is 13.5. The molecule has 0 aliphatic heterocycles. The van der Waals surface area contributed by atoms with Crippen molar-refractivity contribution in [2.45, 2.75) is 0 Å². The van der Waals surface area contributed by atoms with Crippen LogP contribution >= 0.6 is 15.9 Å². The van der Waals surface area contributed by atoms with Crippen LogP contribution in [-0.4, -0.2) is 18.0 Å². The van der Waals surface area contributed by atoms with E-state index in [1.54, 1.807) is 43.6 Å². The first-order valence-corrected chi connectivity index (χ1v) is 8.38. The average molecular weight is 398 g/mol. The number of benzene rings is 2. The van der Waals surface area contributed by atoms with Crippen LogP contribution in [0.15, 0.2) is 71.3 Å².